The van der Waals surface area contributed by atoms with Gasteiger partial charge >= 0.3 is 0 Å². The topological polar surface area (TPSA) is 104 Å². The van der Waals surface area contributed by atoms with Crippen LogP contribution in [0.2, 0.25) is 0 Å². The molecule has 10 rings (SSSR count). The molecule has 1 aliphatic rings. The first-order chi connectivity index (χ1) is 32.1. The molecule has 0 spiro atoms. The molecule has 0 aromatic heterocycles. The van der Waals surface area contributed by atoms with E-state index in [0.29, 0.717) is 0 Å². The summed E-state index contributed by atoms with van der Waals surface area (Å²) in [5.74, 6) is 0. The first kappa shape index (κ1) is 40.3. The van der Waals surface area contributed by atoms with Gasteiger partial charge in [0.1, 0.15) is 0 Å². The van der Waals surface area contributed by atoms with Gasteiger partial charge in [0.25, 0.3) is 0 Å². The molecule has 0 fully saturated rings. The monoisotopic (exact) mass is 838 g/mol. The van der Waals surface area contributed by atoms with Gasteiger partial charge in [-0.25, -0.2) is 0 Å². The molecule has 0 bridgehead atoms. The highest BCUT2D eigenvalue weighted by Gasteiger charge is 2.42. The van der Waals surface area contributed by atoms with E-state index in [1.807, 2.05) is 48.5 Å². The van der Waals surface area contributed by atoms with Gasteiger partial charge in [-0.05, 0) is 146 Å². The number of nitrogens with zero attached hydrogens (tertiary/aromatic N) is 8. The molecule has 8 heteroatoms. The van der Waals surface area contributed by atoms with Crippen molar-refractivity contribution < 1.29 is 0 Å². The second-order valence-corrected chi connectivity index (χ2v) is 16.1. The second kappa shape index (κ2) is 17.9. The highest BCUT2D eigenvalue weighted by molar-refractivity contribution is 5.87. The molecule has 0 radical (unpaired) electrons. The third-order valence-corrected chi connectivity index (χ3v) is 12.4. The van der Waals surface area contributed by atoms with Gasteiger partial charge in [0.2, 0.25) is 0 Å². The molecule has 0 aliphatic heterocycles. The van der Waals surface area contributed by atoms with Crippen molar-refractivity contribution in [1.29, 1.82) is 0 Å². The predicted octanol–water partition coefficient (Wildman–Crippen LogP) is 16.5. The highest BCUT2D eigenvalue weighted by atomic mass is 15.2. The summed E-state index contributed by atoms with van der Waals surface area (Å²) in [7, 11) is 0. The van der Waals surface area contributed by atoms with E-state index < -0.39 is 5.41 Å². The SMILES string of the molecule is [N-]=[N+]=NCC1(CN=[N+]=[N-])c2ccccc2-c2ccc(N(c3ccccc3)c3ccc(-c4cccc(-c5ccc(N(c6ccccc6)c6ccc(-c7ccccc7)cc6)cc5)c4)cc3)cc21. The molecule has 65 heavy (non-hydrogen) atoms. The summed E-state index contributed by atoms with van der Waals surface area (Å²) >= 11 is 0. The predicted molar refractivity (Wildman–Crippen MR) is 266 cm³/mol. The summed E-state index contributed by atoms with van der Waals surface area (Å²) in [4.78, 5) is 10.8. The van der Waals surface area contributed by atoms with E-state index in [9.17, 15) is 11.1 Å². The van der Waals surface area contributed by atoms with Crippen LogP contribution in [0.25, 0.3) is 65.4 Å². The maximum atomic E-state index is 9.46. The molecule has 9 aromatic rings. The molecule has 0 saturated heterocycles. The number of azide groups is 2. The smallest absolute Gasteiger partial charge is 0.0465 e. The van der Waals surface area contributed by atoms with E-state index >= 15 is 0 Å². The van der Waals surface area contributed by atoms with Crippen LogP contribution in [0.1, 0.15) is 11.1 Å². The number of anilines is 6. The Balaban J connectivity index is 0.956. The first-order valence-corrected chi connectivity index (χ1v) is 21.6. The Hall–Kier alpha value is -8.80. The number of rotatable bonds is 13. The lowest BCUT2D eigenvalue weighted by Gasteiger charge is -2.31. The molecule has 0 heterocycles. The van der Waals surface area contributed by atoms with Crippen LogP contribution >= 0.6 is 0 Å². The minimum absolute atomic E-state index is 0.120. The fourth-order valence-electron chi connectivity index (χ4n) is 9.24. The largest absolute Gasteiger partial charge is 0.311 e. The average Bonchev–Trinajstić information content (AvgIpc) is 3.65. The van der Waals surface area contributed by atoms with Crippen LogP contribution in [-0.2, 0) is 5.41 Å². The molecule has 310 valence electrons. The Labute approximate surface area is 378 Å². The standard InChI is InChI=1S/C57H42N8/c58-62-60-39-57(40-61-63-59)55-22-11-10-21-53(55)54-36-35-52(38-56(54)57)65(48-19-8-3-9-20-48)51-33-27-44(28-34-51)46-16-12-15-45(37-46)43-25-31-50(32-26-43)64(47-17-6-2-7-18-47)49-29-23-42(24-30-49)41-13-4-1-5-14-41/h1-38H,39-40H2. The quantitative estimate of drug-likeness (QED) is 0.0655. The fraction of sp³-hybridized carbons (Fsp3) is 0.0526. The van der Waals surface area contributed by atoms with E-state index in [4.69, 9.17) is 0 Å². The van der Waals surface area contributed by atoms with E-state index in [-0.39, 0.29) is 13.1 Å². The minimum atomic E-state index is -0.811. The van der Waals surface area contributed by atoms with Crippen LogP contribution < -0.4 is 9.80 Å². The summed E-state index contributed by atoms with van der Waals surface area (Å²) in [6, 6.07) is 80.6. The van der Waals surface area contributed by atoms with Gasteiger partial charge in [-0.2, -0.15) is 0 Å². The van der Waals surface area contributed by atoms with Crippen molar-refractivity contribution in [1.82, 2.24) is 0 Å². The van der Waals surface area contributed by atoms with Crippen molar-refractivity contribution in [2.45, 2.75) is 5.41 Å². The first-order valence-electron chi connectivity index (χ1n) is 21.6. The average molecular weight is 839 g/mol. The van der Waals surface area contributed by atoms with E-state index in [1.54, 1.807) is 0 Å². The van der Waals surface area contributed by atoms with E-state index in [2.05, 4.69) is 212 Å². The normalized spacial score (nSPS) is 13.4. The van der Waals surface area contributed by atoms with Crippen molar-refractivity contribution in [3.05, 3.63) is 263 Å². The van der Waals surface area contributed by atoms with Gasteiger partial charge in [-0.1, -0.05) is 162 Å². The number of benzene rings is 9. The number of para-hydroxylation sites is 2. The zero-order valence-corrected chi connectivity index (χ0v) is 35.4. The van der Waals surface area contributed by atoms with Gasteiger partial charge in [-0.3, -0.25) is 0 Å². The summed E-state index contributed by atoms with van der Waals surface area (Å²) < 4.78 is 0. The number of hydrogen-bond donors (Lipinski definition) is 0. The van der Waals surface area contributed by atoms with Gasteiger partial charge in [0.05, 0.1) is 0 Å². The second-order valence-electron chi connectivity index (χ2n) is 16.1. The highest BCUT2D eigenvalue weighted by Crippen LogP contribution is 2.52. The Morgan fingerprint density at radius 1 is 0.323 bits per heavy atom. The summed E-state index contributed by atoms with van der Waals surface area (Å²) in [5, 5.41) is 8.11. The molecule has 0 unspecified atom stereocenters. The number of fused-ring (bicyclic) bond motifs is 3. The zero-order chi connectivity index (χ0) is 44.0. The van der Waals surface area contributed by atoms with Gasteiger partial charge < -0.3 is 9.80 Å². The van der Waals surface area contributed by atoms with Crippen LogP contribution in [0, 0.1) is 0 Å². The minimum Gasteiger partial charge on any atom is -0.311 e. The van der Waals surface area contributed by atoms with Crippen LogP contribution in [0.3, 0.4) is 0 Å². The summed E-state index contributed by atoms with van der Waals surface area (Å²) in [6.45, 7) is 0.241. The van der Waals surface area contributed by atoms with Crippen molar-refractivity contribution in [2.75, 3.05) is 22.9 Å². The lowest BCUT2D eigenvalue weighted by molar-refractivity contribution is 0.549. The Morgan fingerprint density at radius 3 is 1.20 bits per heavy atom. The molecule has 0 atom stereocenters. The van der Waals surface area contributed by atoms with Crippen LogP contribution in [-0.4, -0.2) is 13.1 Å². The lowest BCUT2D eigenvalue weighted by Crippen LogP contribution is -2.32. The summed E-state index contributed by atoms with van der Waals surface area (Å²) in [5.41, 5.74) is 35.1. The van der Waals surface area contributed by atoms with Crippen molar-refractivity contribution in [3.63, 3.8) is 0 Å². The van der Waals surface area contributed by atoms with E-state index in [0.717, 1.165) is 78.6 Å². The van der Waals surface area contributed by atoms with Crippen LogP contribution in [0.4, 0.5) is 34.1 Å². The van der Waals surface area contributed by atoms with E-state index in [1.165, 1.54) is 11.1 Å². The molecule has 1 aliphatic carbocycles. The van der Waals surface area contributed by atoms with Gasteiger partial charge in [-0.15, -0.1) is 0 Å². The van der Waals surface area contributed by atoms with Crippen molar-refractivity contribution in [2.24, 2.45) is 10.2 Å². The van der Waals surface area contributed by atoms with Crippen LogP contribution in [0.15, 0.2) is 241 Å². The Kier molecular flexibility index (Phi) is 11.1. The molecule has 8 nitrogen and oxygen atoms in total. The number of hydrogen-bond acceptors (Lipinski definition) is 4. The zero-order valence-electron chi connectivity index (χ0n) is 35.4. The van der Waals surface area contributed by atoms with Crippen molar-refractivity contribution >= 4 is 34.1 Å². The molecule has 0 amide bonds. The summed E-state index contributed by atoms with van der Waals surface area (Å²) in [6.07, 6.45) is 0. The Morgan fingerprint density at radius 2 is 0.692 bits per heavy atom. The fourth-order valence-corrected chi connectivity index (χ4v) is 9.24. The van der Waals surface area contributed by atoms with Crippen LogP contribution in [0.5, 0.6) is 0 Å². The maximum absolute atomic E-state index is 9.46. The van der Waals surface area contributed by atoms with Gasteiger partial charge in [0.15, 0.2) is 0 Å². The maximum Gasteiger partial charge on any atom is 0.0465 e. The molecular weight excluding hydrogens is 797 g/mol. The lowest BCUT2D eigenvalue weighted by atomic mass is 9.78. The molecule has 9 aromatic carbocycles. The van der Waals surface area contributed by atoms with Gasteiger partial charge in [0, 0.05) is 62.5 Å². The van der Waals surface area contributed by atoms with Crippen molar-refractivity contribution in [3.8, 4) is 44.5 Å². The third kappa shape index (κ3) is 7.84. The molecule has 0 saturated carbocycles. The molecule has 0 N–H and O–H groups in total. The molecular formula is C57H42N8. The third-order valence-electron chi connectivity index (χ3n) is 12.4. The Bertz CT molecular complexity index is 3180.